The maximum Gasteiger partial charge on any atom is 0.279 e. The molecule has 0 fully saturated rings. The van der Waals surface area contributed by atoms with Crippen molar-refractivity contribution in [2.75, 3.05) is 0 Å². The standard InChI is InChI=1S/C23H17N3O3S/c1-2-14-25-20-13-12-19(26(28)29)15-21(20)30-23(25)24-22(27)18-10-8-17(9-11-18)16-6-4-3-5-7-16/h2-13,15H,1,14H2. The number of nitro groups is 1. The van der Waals surface area contributed by atoms with Crippen LogP contribution in [-0.4, -0.2) is 15.4 Å². The van der Waals surface area contributed by atoms with Crippen LogP contribution in [0.2, 0.25) is 0 Å². The van der Waals surface area contributed by atoms with E-state index in [0.29, 0.717) is 21.6 Å². The smallest absolute Gasteiger partial charge is 0.279 e. The van der Waals surface area contributed by atoms with Gasteiger partial charge in [-0.1, -0.05) is 59.9 Å². The van der Waals surface area contributed by atoms with E-state index in [0.717, 1.165) is 16.6 Å². The first-order valence-electron chi connectivity index (χ1n) is 9.20. The van der Waals surface area contributed by atoms with Gasteiger partial charge < -0.3 is 4.57 Å². The van der Waals surface area contributed by atoms with Crippen LogP contribution in [-0.2, 0) is 6.54 Å². The molecule has 0 saturated heterocycles. The summed E-state index contributed by atoms with van der Waals surface area (Å²) in [7, 11) is 0. The third-order valence-corrected chi connectivity index (χ3v) is 5.67. The Hall–Kier alpha value is -3.84. The molecule has 0 aliphatic heterocycles. The van der Waals surface area contributed by atoms with Crippen molar-refractivity contribution in [2.45, 2.75) is 6.54 Å². The first kappa shape index (κ1) is 19.5. The minimum absolute atomic E-state index is 0.00359. The van der Waals surface area contributed by atoms with Crippen LogP contribution in [0, 0.1) is 10.1 Å². The van der Waals surface area contributed by atoms with Crippen LogP contribution < -0.4 is 4.80 Å². The molecule has 0 N–H and O–H groups in total. The van der Waals surface area contributed by atoms with E-state index < -0.39 is 4.92 Å². The van der Waals surface area contributed by atoms with E-state index in [1.165, 1.54) is 23.5 Å². The number of nitro benzene ring substituents is 1. The van der Waals surface area contributed by atoms with Crippen LogP contribution in [0.25, 0.3) is 21.3 Å². The van der Waals surface area contributed by atoms with E-state index >= 15 is 0 Å². The maximum absolute atomic E-state index is 12.8. The number of hydrogen-bond acceptors (Lipinski definition) is 4. The Bertz CT molecular complexity index is 1320. The van der Waals surface area contributed by atoms with E-state index in [4.69, 9.17) is 0 Å². The number of amides is 1. The molecule has 0 saturated carbocycles. The van der Waals surface area contributed by atoms with Gasteiger partial charge in [-0.3, -0.25) is 14.9 Å². The summed E-state index contributed by atoms with van der Waals surface area (Å²) < 4.78 is 2.52. The van der Waals surface area contributed by atoms with E-state index in [2.05, 4.69) is 11.6 Å². The van der Waals surface area contributed by atoms with Crippen molar-refractivity contribution >= 4 is 33.1 Å². The molecule has 7 heteroatoms. The molecule has 0 aliphatic rings. The number of benzene rings is 3. The number of carbonyl (C=O) groups excluding carboxylic acids is 1. The summed E-state index contributed by atoms with van der Waals surface area (Å²) in [6, 6.07) is 21.8. The normalized spacial score (nSPS) is 11.5. The minimum atomic E-state index is -0.437. The van der Waals surface area contributed by atoms with Crippen LogP contribution in [0.5, 0.6) is 0 Å². The SMILES string of the molecule is C=CCn1c(=NC(=O)c2ccc(-c3ccccc3)cc2)sc2cc([N+](=O)[O-])ccc21. The molecule has 0 unspecified atom stereocenters. The van der Waals surface area contributed by atoms with E-state index in [9.17, 15) is 14.9 Å². The molecule has 3 aromatic carbocycles. The molecular weight excluding hydrogens is 398 g/mol. The summed E-state index contributed by atoms with van der Waals surface area (Å²) in [5.41, 5.74) is 3.34. The Kier molecular flexibility index (Phi) is 5.36. The fraction of sp³-hybridized carbons (Fsp3) is 0.0435. The van der Waals surface area contributed by atoms with E-state index in [1.807, 2.05) is 47.0 Å². The minimum Gasteiger partial charge on any atom is -0.312 e. The summed E-state index contributed by atoms with van der Waals surface area (Å²) in [6.07, 6.45) is 1.70. The Morgan fingerprint density at radius 3 is 2.43 bits per heavy atom. The second-order valence-electron chi connectivity index (χ2n) is 6.55. The summed E-state index contributed by atoms with van der Waals surface area (Å²) in [4.78, 5) is 28.2. The summed E-state index contributed by atoms with van der Waals surface area (Å²) in [5, 5.41) is 11.1. The van der Waals surface area contributed by atoms with Crippen LogP contribution in [0.1, 0.15) is 10.4 Å². The van der Waals surface area contributed by atoms with Crippen molar-refractivity contribution in [1.29, 1.82) is 0 Å². The molecule has 0 radical (unpaired) electrons. The van der Waals surface area contributed by atoms with Crippen molar-refractivity contribution in [1.82, 2.24) is 4.57 Å². The first-order chi connectivity index (χ1) is 14.6. The van der Waals surface area contributed by atoms with Gasteiger partial charge in [0, 0.05) is 24.2 Å². The fourth-order valence-corrected chi connectivity index (χ4v) is 4.22. The molecule has 1 amide bonds. The van der Waals surface area contributed by atoms with Crippen LogP contribution in [0.3, 0.4) is 0 Å². The molecule has 4 aromatic rings. The third kappa shape index (κ3) is 3.83. The van der Waals surface area contributed by atoms with Crippen molar-refractivity contribution in [3.8, 4) is 11.1 Å². The monoisotopic (exact) mass is 415 g/mol. The highest BCUT2D eigenvalue weighted by atomic mass is 32.1. The Morgan fingerprint density at radius 1 is 1.07 bits per heavy atom. The Morgan fingerprint density at radius 2 is 1.77 bits per heavy atom. The van der Waals surface area contributed by atoms with Gasteiger partial charge in [-0.25, -0.2) is 0 Å². The zero-order valence-electron chi connectivity index (χ0n) is 15.9. The number of rotatable bonds is 5. The highest BCUT2D eigenvalue weighted by molar-refractivity contribution is 7.16. The molecule has 148 valence electrons. The number of carbonyl (C=O) groups is 1. The molecule has 0 spiro atoms. The third-order valence-electron chi connectivity index (χ3n) is 4.62. The van der Waals surface area contributed by atoms with Crippen molar-refractivity contribution in [3.63, 3.8) is 0 Å². The summed E-state index contributed by atoms with van der Waals surface area (Å²) in [6.45, 7) is 4.20. The first-order valence-corrected chi connectivity index (χ1v) is 10.0. The number of fused-ring (bicyclic) bond motifs is 1. The highest BCUT2D eigenvalue weighted by Gasteiger charge is 2.13. The van der Waals surface area contributed by atoms with Gasteiger partial charge in [0.1, 0.15) is 0 Å². The molecule has 6 nitrogen and oxygen atoms in total. The summed E-state index contributed by atoms with van der Waals surface area (Å²) in [5.74, 6) is -0.367. The Labute approximate surface area is 176 Å². The quantitative estimate of drug-likeness (QED) is 0.255. The van der Waals surface area contributed by atoms with Gasteiger partial charge in [-0.15, -0.1) is 6.58 Å². The lowest BCUT2D eigenvalue weighted by molar-refractivity contribution is -0.384. The summed E-state index contributed by atoms with van der Waals surface area (Å²) >= 11 is 1.24. The number of thiazole rings is 1. The van der Waals surface area contributed by atoms with Gasteiger partial charge in [-0.2, -0.15) is 4.99 Å². The molecular formula is C23H17N3O3S. The number of allylic oxidation sites excluding steroid dienone is 1. The largest absolute Gasteiger partial charge is 0.312 e. The van der Waals surface area contributed by atoms with Crippen molar-refractivity contribution in [2.24, 2.45) is 4.99 Å². The number of non-ortho nitro benzene ring substituents is 1. The van der Waals surface area contributed by atoms with Crippen LogP contribution in [0.15, 0.2) is 90.4 Å². The Balaban J connectivity index is 1.72. The van der Waals surface area contributed by atoms with E-state index in [1.54, 1.807) is 24.3 Å². The average Bonchev–Trinajstić information content (AvgIpc) is 3.11. The fourth-order valence-electron chi connectivity index (χ4n) is 3.15. The van der Waals surface area contributed by atoms with Crippen LogP contribution >= 0.6 is 11.3 Å². The lowest BCUT2D eigenvalue weighted by Gasteiger charge is -2.03. The number of nitrogens with zero attached hydrogens (tertiary/aromatic N) is 3. The average molecular weight is 415 g/mol. The molecule has 4 rings (SSSR count). The number of aromatic nitrogens is 1. The lowest BCUT2D eigenvalue weighted by atomic mass is 10.0. The maximum atomic E-state index is 12.8. The second kappa shape index (κ2) is 8.26. The van der Waals surface area contributed by atoms with Crippen molar-refractivity contribution < 1.29 is 9.72 Å². The second-order valence-corrected chi connectivity index (χ2v) is 7.56. The highest BCUT2D eigenvalue weighted by Crippen LogP contribution is 2.24. The predicted octanol–water partition coefficient (Wildman–Crippen LogP) is 5.21. The van der Waals surface area contributed by atoms with Gasteiger partial charge in [0.25, 0.3) is 11.6 Å². The molecule has 1 aromatic heterocycles. The van der Waals surface area contributed by atoms with Gasteiger partial charge >= 0.3 is 0 Å². The molecule has 1 heterocycles. The van der Waals surface area contributed by atoms with Gasteiger partial charge in [0.15, 0.2) is 4.80 Å². The lowest BCUT2D eigenvalue weighted by Crippen LogP contribution is -2.16. The van der Waals surface area contributed by atoms with Gasteiger partial charge in [0.2, 0.25) is 0 Å². The zero-order valence-corrected chi connectivity index (χ0v) is 16.7. The molecule has 0 bridgehead atoms. The van der Waals surface area contributed by atoms with Crippen LogP contribution in [0.4, 0.5) is 5.69 Å². The molecule has 30 heavy (non-hydrogen) atoms. The van der Waals surface area contributed by atoms with E-state index in [-0.39, 0.29) is 11.6 Å². The molecule has 0 atom stereocenters. The molecule has 0 aliphatic carbocycles. The topological polar surface area (TPSA) is 77.5 Å². The zero-order chi connectivity index (χ0) is 21.1. The van der Waals surface area contributed by atoms with Gasteiger partial charge in [-0.05, 0) is 29.3 Å². The van der Waals surface area contributed by atoms with Gasteiger partial charge in [0.05, 0.1) is 15.1 Å². The number of hydrogen-bond donors (Lipinski definition) is 0. The van der Waals surface area contributed by atoms with Crippen molar-refractivity contribution in [3.05, 3.63) is 106 Å². The predicted molar refractivity (Wildman–Crippen MR) is 118 cm³/mol.